The van der Waals surface area contributed by atoms with E-state index in [1.54, 1.807) is 0 Å². The van der Waals surface area contributed by atoms with Gasteiger partial charge < -0.3 is 0 Å². The van der Waals surface area contributed by atoms with E-state index in [2.05, 4.69) is 39.8 Å². The van der Waals surface area contributed by atoms with Gasteiger partial charge >= 0.3 is 0 Å². The molecule has 3 aromatic rings. The topological polar surface area (TPSA) is 25.8 Å². The van der Waals surface area contributed by atoms with E-state index in [4.69, 9.17) is 9.97 Å². The monoisotopic (exact) mass is 444 g/mol. The van der Waals surface area contributed by atoms with Gasteiger partial charge in [0.15, 0.2) is 0 Å². The molecule has 0 aliphatic heterocycles. The molecular weight excluding hydrogens is 404 g/mol. The zero-order valence-corrected chi connectivity index (χ0v) is 21.1. The molecule has 4 heteroatoms. The van der Waals surface area contributed by atoms with E-state index in [0.29, 0.717) is 11.8 Å². The third-order valence-electron chi connectivity index (χ3n) is 6.26. The zero-order valence-electron chi connectivity index (χ0n) is 19.5. The lowest BCUT2D eigenvalue weighted by atomic mass is 10.0. The number of hydrogen-bond acceptors (Lipinski definition) is 4. The van der Waals surface area contributed by atoms with Crippen molar-refractivity contribution < 1.29 is 0 Å². The molecule has 0 saturated heterocycles. The van der Waals surface area contributed by atoms with Gasteiger partial charge in [-0.1, -0.05) is 91.9 Å². The SMILES string of the molecule is CCCCCCCCC(C)c1nc2cc3sc(C(C)CCCCCC)nc3cc2s1. The second-order valence-corrected chi connectivity index (χ2v) is 11.2. The minimum Gasteiger partial charge on any atom is -0.241 e. The van der Waals surface area contributed by atoms with Crippen molar-refractivity contribution in [2.45, 2.75) is 117 Å². The van der Waals surface area contributed by atoms with Crippen LogP contribution in [0.3, 0.4) is 0 Å². The quantitative estimate of drug-likeness (QED) is 0.231. The van der Waals surface area contributed by atoms with Crippen LogP contribution >= 0.6 is 22.7 Å². The summed E-state index contributed by atoms with van der Waals surface area (Å²) in [4.78, 5) is 10.0. The minimum atomic E-state index is 0.568. The summed E-state index contributed by atoms with van der Waals surface area (Å²) in [5.41, 5.74) is 2.34. The van der Waals surface area contributed by atoms with Crippen LogP contribution in [-0.2, 0) is 0 Å². The molecule has 0 fully saturated rings. The smallest absolute Gasteiger partial charge is 0.0966 e. The molecule has 2 atom stereocenters. The predicted octanol–water partition coefficient (Wildman–Crippen LogP) is 9.83. The summed E-state index contributed by atoms with van der Waals surface area (Å²) in [5.74, 6) is 1.14. The van der Waals surface area contributed by atoms with Gasteiger partial charge in [0.2, 0.25) is 0 Å². The third kappa shape index (κ3) is 6.50. The van der Waals surface area contributed by atoms with Gasteiger partial charge in [0.05, 0.1) is 30.4 Å². The summed E-state index contributed by atoms with van der Waals surface area (Å²) in [5, 5.41) is 2.61. The standard InChI is InChI=1S/C26H40N2S2/c1-5-7-9-11-12-14-16-20(4)26-28-22-18-23-21(17-24(22)30-26)27-25(29-23)19(3)15-13-10-8-6-2/h17-20H,5-16H2,1-4H3. The Bertz CT molecular complexity index is 844. The van der Waals surface area contributed by atoms with Crippen LogP contribution in [0.1, 0.15) is 127 Å². The van der Waals surface area contributed by atoms with Crippen molar-refractivity contribution in [3.8, 4) is 0 Å². The Kier molecular flexibility index (Phi) is 9.58. The molecule has 0 amide bonds. The lowest BCUT2D eigenvalue weighted by Crippen LogP contribution is -1.92. The largest absolute Gasteiger partial charge is 0.241 e. The number of nitrogens with zero attached hydrogens (tertiary/aromatic N) is 2. The van der Waals surface area contributed by atoms with E-state index < -0.39 is 0 Å². The summed E-state index contributed by atoms with van der Waals surface area (Å²) in [7, 11) is 0. The van der Waals surface area contributed by atoms with E-state index in [1.165, 1.54) is 107 Å². The lowest BCUT2D eigenvalue weighted by molar-refractivity contribution is 0.556. The first-order valence-corrected chi connectivity index (χ1v) is 14.0. The highest BCUT2D eigenvalue weighted by Gasteiger charge is 2.16. The van der Waals surface area contributed by atoms with Crippen LogP contribution in [0.2, 0.25) is 0 Å². The molecule has 2 unspecified atom stereocenters. The summed E-state index contributed by atoms with van der Waals surface area (Å²) in [6.07, 6.45) is 16.1. The van der Waals surface area contributed by atoms with Gasteiger partial charge in [-0.25, -0.2) is 9.97 Å². The van der Waals surface area contributed by atoms with Crippen molar-refractivity contribution in [2.75, 3.05) is 0 Å². The molecule has 0 bridgehead atoms. The molecule has 2 heterocycles. The second-order valence-electron chi connectivity index (χ2n) is 9.10. The molecule has 0 aliphatic rings. The molecule has 166 valence electrons. The van der Waals surface area contributed by atoms with E-state index in [-0.39, 0.29) is 0 Å². The number of benzene rings is 1. The molecular formula is C26H40N2S2. The van der Waals surface area contributed by atoms with Crippen molar-refractivity contribution in [1.82, 2.24) is 9.97 Å². The van der Waals surface area contributed by atoms with Gasteiger partial charge in [-0.05, 0) is 25.0 Å². The number of rotatable bonds is 14. The summed E-state index contributed by atoms with van der Waals surface area (Å²) >= 11 is 3.76. The van der Waals surface area contributed by atoms with Crippen molar-refractivity contribution in [3.63, 3.8) is 0 Å². The van der Waals surface area contributed by atoms with Gasteiger partial charge in [0.25, 0.3) is 0 Å². The Morgan fingerprint density at radius 2 is 1.03 bits per heavy atom. The normalized spacial score (nSPS) is 14.0. The molecule has 0 aliphatic carbocycles. The first-order chi connectivity index (χ1) is 14.6. The number of unbranched alkanes of at least 4 members (excludes halogenated alkanes) is 8. The van der Waals surface area contributed by atoms with Gasteiger partial charge in [-0.2, -0.15) is 0 Å². The molecule has 0 saturated carbocycles. The number of thiazole rings is 2. The molecule has 0 radical (unpaired) electrons. The van der Waals surface area contributed by atoms with Crippen molar-refractivity contribution in [2.24, 2.45) is 0 Å². The maximum absolute atomic E-state index is 5.01. The molecule has 2 aromatic heterocycles. The summed E-state index contributed by atoms with van der Waals surface area (Å²) in [6, 6.07) is 4.57. The van der Waals surface area contributed by atoms with Gasteiger partial charge in [-0.3, -0.25) is 0 Å². The van der Waals surface area contributed by atoms with Crippen LogP contribution in [-0.4, -0.2) is 9.97 Å². The highest BCUT2D eigenvalue weighted by atomic mass is 32.1. The van der Waals surface area contributed by atoms with E-state index >= 15 is 0 Å². The molecule has 3 rings (SSSR count). The fourth-order valence-corrected chi connectivity index (χ4v) is 6.30. The second kappa shape index (κ2) is 12.1. The molecule has 30 heavy (non-hydrogen) atoms. The van der Waals surface area contributed by atoms with Crippen LogP contribution in [0.15, 0.2) is 12.1 Å². The lowest BCUT2D eigenvalue weighted by Gasteiger charge is -2.07. The molecule has 1 aromatic carbocycles. The molecule has 0 spiro atoms. The van der Waals surface area contributed by atoms with Crippen LogP contribution in [0.4, 0.5) is 0 Å². The number of fused-ring (bicyclic) bond motifs is 2. The van der Waals surface area contributed by atoms with E-state index in [0.717, 1.165) is 0 Å². The Balaban J connectivity index is 1.60. The number of hydrogen-bond donors (Lipinski definition) is 0. The average molecular weight is 445 g/mol. The Hall–Kier alpha value is -1.00. The van der Waals surface area contributed by atoms with Gasteiger partial charge in [0, 0.05) is 11.8 Å². The maximum Gasteiger partial charge on any atom is 0.0966 e. The predicted molar refractivity (Wildman–Crippen MR) is 136 cm³/mol. The average Bonchev–Trinajstić information content (AvgIpc) is 3.34. The van der Waals surface area contributed by atoms with Crippen molar-refractivity contribution >= 4 is 43.1 Å². The van der Waals surface area contributed by atoms with Crippen LogP contribution < -0.4 is 0 Å². The van der Waals surface area contributed by atoms with Crippen LogP contribution in [0.25, 0.3) is 20.4 Å². The highest BCUT2D eigenvalue weighted by Crippen LogP contribution is 2.36. The zero-order chi connectivity index (χ0) is 21.3. The van der Waals surface area contributed by atoms with Gasteiger partial charge in [-0.15, -0.1) is 22.7 Å². The fourth-order valence-electron chi connectivity index (χ4n) is 4.16. The summed E-state index contributed by atoms with van der Waals surface area (Å²) in [6.45, 7) is 9.25. The first-order valence-electron chi connectivity index (χ1n) is 12.3. The third-order valence-corrected chi connectivity index (χ3v) is 8.75. The molecule has 2 nitrogen and oxygen atoms in total. The van der Waals surface area contributed by atoms with Gasteiger partial charge in [0.1, 0.15) is 0 Å². The Labute approximate surface area is 191 Å². The molecule has 0 N–H and O–H groups in total. The van der Waals surface area contributed by atoms with E-state index in [9.17, 15) is 0 Å². The van der Waals surface area contributed by atoms with E-state index in [1.807, 2.05) is 22.7 Å². The minimum absolute atomic E-state index is 0.568. The first kappa shape index (κ1) is 23.7. The Morgan fingerprint density at radius 3 is 1.50 bits per heavy atom. The summed E-state index contributed by atoms with van der Waals surface area (Å²) < 4.78 is 2.61. The fraction of sp³-hybridized carbons (Fsp3) is 0.692. The van der Waals surface area contributed by atoms with Crippen LogP contribution in [0, 0.1) is 0 Å². The van der Waals surface area contributed by atoms with Crippen LogP contribution in [0.5, 0.6) is 0 Å². The maximum atomic E-state index is 5.01. The number of aromatic nitrogens is 2. The Morgan fingerprint density at radius 1 is 0.633 bits per heavy atom. The van der Waals surface area contributed by atoms with Crippen molar-refractivity contribution in [3.05, 3.63) is 22.1 Å². The van der Waals surface area contributed by atoms with Crippen molar-refractivity contribution in [1.29, 1.82) is 0 Å². The highest BCUT2D eigenvalue weighted by molar-refractivity contribution is 7.20.